The molecule has 0 aliphatic carbocycles. The number of hydrogen-bond donors (Lipinski definition) is 1. The Bertz CT molecular complexity index is 1360. The molecule has 8 nitrogen and oxygen atoms in total. The van der Waals surface area contributed by atoms with Gasteiger partial charge >= 0.3 is 6.09 Å². The minimum Gasteiger partial charge on any atom is -0.457 e. The van der Waals surface area contributed by atoms with Crippen molar-refractivity contribution in [2.45, 2.75) is 39.3 Å². The van der Waals surface area contributed by atoms with E-state index < -0.39 is 6.09 Å². The summed E-state index contributed by atoms with van der Waals surface area (Å²) in [4.78, 5) is 27.0. The van der Waals surface area contributed by atoms with Gasteiger partial charge < -0.3 is 14.8 Å². The van der Waals surface area contributed by atoms with Crippen LogP contribution in [0, 0.1) is 6.92 Å². The van der Waals surface area contributed by atoms with Crippen molar-refractivity contribution >= 4 is 28.8 Å². The molecule has 1 amide bonds. The van der Waals surface area contributed by atoms with Crippen LogP contribution in [0.4, 0.5) is 16.7 Å². The van der Waals surface area contributed by atoms with E-state index in [1.54, 1.807) is 6.92 Å². The second-order valence-electron chi connectivity index (χ2n) is 8.56. The monoisotopic (exact) mass is 469 g/mol. The zero-order valence-corrected chi connectivity index (χ0v) is 19.9. The number of benzene rings is 3. The molecule has 8 heteroatoms. The van der Waals surface area contributed by atoms with Gasteiger partial charge in [-0.3, -0.25) is 0 Å². The van der Waals surface area contributed by atoms with Crippen molar-refractivity contribution < 1.29 is 14.3 Å². The van der Waals surface area contributed by atoms with Crippen LogP contribution in [0.2, 0.25) is 0 Å². The topological polar surface area (TPSA) is 89.5 Å². The van der Waals surface area contributed by atoms with Gasteiger partial charge in [-0.2, -0.15) is 15.0 Å². The second kappa shape index (κ2) is 9.58. The van der Waals surface area contributed by atoms with Crippen LogP contribution in [0.5, 0.6) is 11.5 Å². The third-order valence-corrected chi connectivity index (χ3v) is 6.07. The van der Waals surface area contributed by atoms with Gasteiger partial charge in [0, 0.05) is 0 Å². The molecular formula is C27H27N5O3. The lowest BCUT2D eigenvalue weighted by atomic mass is 10.1. The molecule has 1 N–H and O–H groups in total. The van der Waals surface area contributed by atoms with Gasteiger partial charge in [-0.15, -0.1) is 0 Å². The van der Waals surface area contributed by atoms with Crippen LogP contribution in [-0.4, -0.2) is 33.7 Å². The molecule has 4 aromatic rings. The highest BCUT2D eigenvalue weighted by molar-refractivity contribution is 5.88. The summed E-state index contributed by atoms with van der Waals surface area (Å²) >= 11 is 0. The van der Waals surface area contributed by atoms with Gasteiger partial charge in [0.15, 0.2) is 0 Å². The molecule has 1 fully saturated rings. The van der Waals surface area contributed by atoms with E-state index in [4.69, 9.17) is 9.47 Å². The number of hydrogen-bond acceptors (Lipinski definition) is 7. The summed E-state index contributed by atoms with van der Waals surface area (Å²) in [6.45, 7) is 6.15. The first-order chi connectivity index (χ1) is 17.0. The van der Waals surface area contributed by atoms with Crippen molar-refractivity contribution in [3.05, 3.63) is 78.1 Å². The van der Waals surface area contributed by atoms with Crippen molar-refractivity contribution in [3.63, 3.8) is 0 Å². The molecule has 178 valence electrons. The molecule has 1 aliphatic heterocycles. The normalized spacial score (nSPS) is 16.3. The van der Waals surface area contributed by atoms with Gasteiger partial charge in [-0.1, -0.05) is 49.4 Å². The van der Waals surface area contributed by atoms with E-state index in [0.717, 1.165) is 28.9 Å². The number of carbonyl (C=O) groups is 1. The largest absolute Gasteiger partial charge is 0.457 e. The summed E-state index contributed by atoms with van der Waals surface area (Å²) in [6, 6.07) is 22.0. The van der Waals surface area contributed by atoms with Crippen molar-refractivity contribution in [1.29, 1.82) is 0 Å². The number of aromatic nitrogens is 3. The van der Waals surface area contributed by atoms with Crippen molar-refractivity contribution in [2.75, 3.05) is 16.8 Å². The first kappa shape index (κ1) is 22.6. The van der Waals surface area contributed by atoms with Crippen LogP contribution in [0.3, 0.4) is 0 Å². The number of ether oxygens (including phenoxy) is 2. The Balaban J connectivity index is 1.29. The summed E-state index contributed by atoms with van der Waals surface area (Å²) in [5, 5.41) is 5.64. The molecular weight excluding hydrogens is 442 g/mol. The van der Waals surface area contributed by atoms with Crippen molar-refractivity contribution in [3.8, 4) is 11.5 Å². The van der Waals surface area contributed by atoms with Crippen LogP contribution in [-0.2, 0) is 4.74 Å². The first-order valence-electron chi connectivity index (χ1n) is 11.7. The van der Waals surface area contributed by atoms with E-state index in [-0.39, 0.29) is 12.1 Å². The quantitative estimate of drug-likeness (QED) is 0.353. The molecule has 1 aromatic heterocycles. The second-order valence-corrected chi connectivity index (χ2v) is 8.56. The van der Waals surface area contributed by atoms with Crippen LogP contribution >= 0.6 is 0 Å². The molecule has 0 bridgehead atoms. The van der Waals surface area contributed by atoms with E-state index in [2.05, 4.69) is 38.5 Å². The van der Waals surface area contributed by atoms with Gasteiger partial charge in [0.05, 0.1) is 12.1 Å². The highest BCUT2D eigenvalue weighted by Crippen LogP contribution is 2.28. The minimum absolute atomic E-state index is 0.0770. The molecule has 1 aliphatic rings. The Morgan fingerprint density at radius 2 is 1.77 bits per heavy atom. The lowest BCUT2D eigenvalue weighted by Crippen LogP contribution is -2.34. The number of amides is 1. The minimum atomic E-state index is -0.427. The fourth-order valence-corrected chi connectivity index (χ4v) is 4.11. The Hall–Kier alpha value is -4.20. The van der Waals surface area contributed by atoms with Gasteiger partial charge in [0.2, 0.25) is 11.9 Å². The maximum absolute atomic E-state index is 12.2. The lowest BCUT2D eigenvalue weighted by Gasteiger charge is -2.20. The summed E-state index contributed by atoms with van der Waals surface area (Å²) in [6.07, 6.45) is 0.326. The van der Waals surface area contributed by atoms with Crippen molar-refractivity contribution in [1.82, 2.24) is 15.0 Å². The smallest absolute Gasteiger partial charge is 0.417 e. The third-order valence-electron chi connectivity index (χ3n) is 6.07. The Kier molecular flexibility index (Phi) is 6.18. The maximum Gasteiger partial charge on any atom is 0.417 e. The average Bonchev–Trinajstić information content (AvgIpc) is 3.24. The summed E-state index contributed by atoms with van der Waals surface area (Å²) in [5.41, 5.74) is 1.04. The maximum atomic E-state index is 12.2. The van der Waals surface area contributed by atoms with Crippen LogP contribution in [0.25, 0.3) is 10.8 Å². The molecule has 0 spiro atoms. The Morgan fingerprint density at radius 1 is 1.03 bits per heavy atom. The number of fused-ring (bicyclic) bond motifs is 1. The highest BCUT2D eigenvalue weighted by atomic mass is 16.6. The molecule has 0 unspecified atom stereocenters. The summed E-state index contributed by atoms with van der Waals surface area (Å²) < 4.78 is 11.2. The van der Waals surface area contributed by atoms with E-state index in [1.165, 1.54) is 10.3 Å². The Labute approximate surface area is 203 Å². The zero-order valence-electron chi connectivity index (χ0n) is 19.9. The van der Waals surface area contributed by atoms with E-state index in [0.29, 0.717) is 24.3 Å². The number of rotatable bonds is 7. The van der Waals surface area contributed by atoms with Gasteiger partial charge in [0.1, 0.15) is 23.9 Å². The SMILES string of the molecule is CC[C@H]1COC(=O)N1c1nc(C)nc(N[C@H](C)c2ccc(Oc3ccc4ccccc4c3)cc2)n1. The Morgan fingerprint density at radius 3 is 2.54 bits per heavy atom. The number of cyclic esters (lactones) is 1. The van der Waals surface area contributed by atoms with Crippen LogP contribution in [0.15, 0.2) is 66.7 Å². The molecule has 5 rings (SSSR count). The van der Waals surface area contributed by atoms with Crippen molar-refractivity contribution in [2.24, 2.45) is 0 Å². The third kappa shape index (κ3) is 4.87. The van der Waals surface area contributed by atoms with Gasteiger partial charge in [0.25, 0.3) is 0 Å². The average molecular weight is 470 g/mol. The van der Waals surface area contributed by atoms with Gasteiger partial charge in [-0.05, 0) is 60.9 Å². The molecule has 1 saturated heterocycles. The predicted octanol–water partition coefficient (Wildman–Crippen LogP) is 6.03. The van der Waals surface area contributed by atoms with E-state index >= 15 is 0 Å². The number of anilines is 2. The van der Waals surface area contributed by atoms with Crippen LogP contribution in [0.1, 0.15) is 37.7 Å². The van der Waals surface area contributed by atoms with Crippen LogP contribution < -0.4 is 15.0 Å². The summed E-state index contributed by atoms with van der Waals surface area (Å²) in [7, 11) is 0. The molecule has 2 heterocycles. The lowest BCUT2D eigenvalue weighted by molar-refractivity contribution is 0.178. The number of nitrogens with one attached hydrogen (secondary N) is 1. The number of carbonyl (C=O) groups excluding carboxylic acids is 1. The summed E-state index contributed by atoms with van der Waals surface area (Å²) in [5.74, 6) is 2.79. The molecule has 35 heavy (non-hydrogen) atoms. The molecule has 2 atom stereocenters. The predicted molar refractivity (Wildman–Crippen MR) is 135 cm³/mol. The molecule has 0 saturated carbocycles. The zero-order chi connectivity index (χ0) is 24.4. The van der Waals surface area contributed by atoms with Gasteiger partial charge in [-0.25, -0.2) is 9.69 Å². The molecule has 3 aromatic carbocycles. The first-order valence-corrected chi connectivity index (χ1v) is 11.7. The van der Waals surface area contributed by atoms with E-state index in [1.807, 2.05) is 62.4 Å². The number of nitrogens with zero attached hydrogens (tertiary/aromatic N) is 4. The highest BCUT2D eigenvalue weighted by Gasteiger charge is 2.35. The number of aryl methyl sites for hydroxylation is 1. The fourth-order valence-electron chi connectivity index (χ4n) is 4.11. The standard InChI is InChI=1S/C27H27N5O3/c1-4-22-16-34-27(33)32(22)26-30-18(3)29-25(31-26)28-17(2)19-9-12-23(13-10-19)35-24-14-11-20-7-5-6-8-21(20)15-24/h5-15,17,22H,4,16H2,1-3H3,(H,28,29,30,31)/t17-,22+/m1/s1. The molecule has 0 radical (unpaired) electrons. The van der Waals surface area contributed by atoms with E-state index in [9.17, 15) is 4.79 Å². The fraction of sp³-hybridized carbons (Fsp3) is 0.259.